The van der Waals surface area contributed by atoms with Crippen molar-refractivity contribution >= 4 is 0 Å². The molecule has 0 saturated heterocycles. The summed E-state index contributed by atoms with van der Waals surface area (Å²) in [5.74, 6) is 0.929. The lowest BCUT2D eigenvalue weighted by atomic mass is 10.0. The van der Waals surface area contributed by atoms with Crippen LogP contribution in [0.5, 0.6) is 5.75 Å². The Hall–Kier alpha value is -1.02. The summed E-state index contributed by atoms with van der Waals surface area (Å²) in [6.07, 6.45) is 4.91. The molecule has 2 nitrogen and oxygen atoms in total. The molecular weight excluding hydrogens is 210 g/mol. The molecule has 1 aromatic rings. The lowest BCUT2D eigenvalue weighted by Gasteiger charge is -2.19. The molecule has 0 aliphatic carbocycles. The van der Waals surface area contributed by atoms with Gasteiger partial charge in [-0.05, 0) is 37.1 Å². The average Bonchev–Trinajstić information content (AvgIpc) is 2.39. The van der Waals surface area contributed by atoms with E-state index in [0.29, 0.717) is 6.04 Å². The first-order valence-electron chi connectivity index (χ1n) is 6.69. The minimum absolute atomic E-state index is 0.487. The highest BCUT2D eigenvalue weighted by molar-refractivity contribution is 5.29. The minimum atomic E-state index is 0.487. The first kappa shape index (κ1) is 14.0. The zero-order valence-electron chi connectivity index (χ0n) is 11.3. The largest absolute Gasteiger partial charge is 0.497 e. The van der Waals surface area contributed by atoms with Gasteiger partial charge in [0.05, 0.1) is 7.11 Å². The van der Waals surface area contributed by atoms with Gasteiger partial charge in [0.15, 0.2) is 0 Å². The molecule has 0 spiro atoms. The summed E-state index contributed by atoms with van der Waals surface area (Å²) in [6.45, 7) is 5.53. The highest BCUT2D eigenvalue weighted by atomic mass is 16.5. The molecule has 0 amide bonds. The lowest BCUT2D eigenvalue weighted by Crippen LogP contribution is -2.22. The van der Waals surface area contributed by atoms with Crippen LogP contribution in [0, 0.1) is 0 Å². The summed E-state index contributed by atoms with van der Waals surface area (Å²) in [4.78, 5) is 0. The molecule has 0 saturated carbocycles. The van der Waals surface area contributed by atoms with E-state index in [0.717, 1.165) is 12.3 Å². The monoisotopic (exact) mass is 235 g/mol. The predicted octanol–water partition coefficient (Wildman–Crippen LogP) is 3.93. The second-order valence-electron chi connectivity index (χ2n) is 4.42. The molecule has 2 heteroatoms. The zero-order chi connectivity index (χ0) is 12.5. The van der Waals surface area contributed by atoms with Crippen LogP contribution in [0.25, 0.3) is 0 Å². The first-order valence-corrected chi connectivity index (χ1v) is 6.69. The van der Waals surface area contributed by atoms with E-state index in [9.17, 15) is 0 Å². The maximum absolute atomic E-state index is 5.19. The third-order valence-electron chi connectivity index (χ3n) is 3.01. The van der Waals surface area contributed by atoms with Crippen LogP contribution in [-0.2, 0) is 0 Å². The number of nitrogens with one attached hydrogen (secondary N) is 1. The Bertz CT molecular complexity index is 286. The fourth-order valence-electron chi connectivity index (χ4n) is 1.95. The second kappa shape index (κ2) is 8.13. The van der Waals surface area contributed by atoms with Crippen molar-refractivity contribution in [3.8, 4) is 5.75 Å². The van der Waals surface area contributed by atoms with Crippen molar-refractivity contribution in [1.82, 2.24) is 5.32 Å². The summed E-state index contributed by atoms with van der Waals surface area (Å²) >= 11 is 0. The zero-order valence-corrected chi connectivity index (χ0v) is 11.3. The van der Waals surface area contributed by atoms with Gasteiger partial charge >= 0.3 is 0 Å². The molecule has 0 aliphatic rings. The SMILES string of the molecule is CCCCC(NCCC)c1ccc(OC)cc1. The summed E-state index contributed by atoms with van der Waals surface area (Å²) in [6, 6.07) is 8.91. The van der Waals surface area contributed by atoms with Gasteiger partial charge in [0.2, 0.25) is 0 Å². The molecule has 0 heterocycles. The van der Waals surface area contributed by atoms with E-state index in [4.69, 9.17) is 4.74 Å². The van der Waals surface area contributed by atoms with Crippen LogP contribution in [0.2, 0.25) is 0 Å². The standard InChI is InChI=1S/C15H25NO/c1-4-6-7-15(16-12-5-2)13-8-10-14(17-3)11-9-13/h8-11,15-16H,4-7,12H2,1-3H3. The number of rotatable bonds is 8. The summed E-state index contributed by atoms with van der Waals surface area (Å²) in [5.41, 5.74) is 1.37. The molecular formula is C15H25NO. The lowest BCUT2D eigenvalue weighted by molar-refractivity contribution is 0.414. The van der Waals surface area contributed by atoms with Crippen molar-refractivity contribution < 1.29 is 4.74 Å². The Morgan fingerprint density at radius 1 is 1.12 bits per heavy atom. The molecule has 96 valence electrons. The Labute approximate surface area is 105 Å². The van der Waals surface area contributed by atoms with Crippen LogP contribution in [0.15, 0.2) is 24.3 Å². The van der Waals surface area contributed by atoms with Crippen LogP contribution in [-0.4, -0.2) is 13.7 Å². The van der Waals surface area contributed by atoms with Gasteiger partial charge in [-0.25, -0.2) is 0 Å². The molecule has 0 fully saturated rings. The van der Waals surface area contributed by atoms with Crippen LogP contribution < -0.4 is 10.1 Å². The van der Waals surface area contributed by atoms with E-state index in [-0.39, 0.29) is 0 Å². The van der Waals surface area contributed by atoms with Crippen LogP contribution >= 0.6 is 0 Å². The minimum Gasteiger partial charge on any atom is -0.497 e. The van der Waals surface area contributed by atoms with Gasteiger partial charge in [-0.3, -0.25) is 0 Å². The van der Waals surface area contributed by atoms with Gasteiger partial charge in [0.25, 0.3) is 0 Å². The van der Waals surface area contributed by atoms with Gasteiger partial charge in [0, 0.05) is 6.04 Å². The topological polar surface area (TPSA) is 21.3 Å². The Morgan fingerprint density at radius 2 is 1.82 bits per heavy atom. The van der Waals surface area contributed by atoms with Crippen molar-refractivity contribution in [3.05, 3.63) is 29.8 Å². The fourth-order valence-corrected chi connectivity index (χ4v) is 1.95. The molecule has 1 aromatic carbocycles. The average molecular weight is 235 g/mol. The summed E-state index contributed by atoms with van der Waals surface area (Å²) < 4.78 is 5.19. The van der Waals surface area contributed by atoms with Crippen LogP contribution in [0.4, 0.5) is 0 Å². The van der Waals surface area contributed by atoms with Gasteiger partial charge in [-0.15, -0.1) is 0 Å². The van der Waals surface area contributed by atoms with Crippen LogP contribution in [0.1, 0.15) is 51.1 Å². The number of hydrogen-bond donors (Lipinski definition) is 1. The molecule has 0 bridgehead atoms. The van der Waals surface area contributed by atoms with Gasteiger partial charge in [0.1, 0.15) is 5.75 Å². The maximum atomic E-state index is 5.19. The summed E-state index contributed by atoms with van der Waals surface area (Å²) in [7, 11) is 1.71. The van der Waals surface area contributed by atoms with E-state index >= 15 is 0 Å². The predicted molar refractivity (Wildman–Crippen MR) is 73.6 cm³/mol. The number of unbranched alkanes of at least 4 members (excludes halogenated alkanes) is 1. The molecule has 17 heavy (non-hydrogen) atoms. The van der Waals surface area contributed by atoms with E-state index in [1.165, 1.54) is 31.2 Å². The van der Waals surface area contributed by atoms with Gasteiger partial charge < -0.3 is 10.1 Å². The molecule has 0 aromatic heterocycles. The smallest absolute Gasteiger partial charge is 0.118 e. The van der Waals surface area contributed by atoms with Crippen molar-refractivity contribution in [2.75, 3.05) is 13.7 Å². The fraction of sp³-hybridized carbons (Fsp3) is 0.600. The first-order chi connectivity index (χ1) is 8.31. The summed E-state index contributed by atoms with van der Waals surface area (Å²) in [5, 5.41) is 3.62. The van der Waals surface area contributed by atoms with E-state index in [1.54, 1.807) is 7.11 Å². The third-order valence-corrected chi connectivity index (χ3v) is 3.01. The highest BCUT2D eigenvalue weighted by Gasteiger charge is 2.09. The molecule has 1 atom stereocenters. The molecule has 0 aliphatic heterocycles. The van der Waals surface area contributed by atoms with Gasteiger partial charge in [-0.1, -0.05) is 38.8 Å². The molecule has 0 radical (unpaired) electrons. The number of benzene rings is 1. The normalized spacial score (nSPS) is 12.4. The number of hydrogen-bond acceptors (Lipinski definition) is 2. The van der Waals surface area contributed by atoms with Crippen molar-refractivity contribution in [2.45, 2.75) is 45.6 Å². The molecule has 1 rings (SSSR count). The Balaban J connectivity index is 2.65. The highest BCUT2D eigenvalue weighted by Crippen LogP contribution is 2.22. The van der Waals surface area contributed by atoms with Crippen molar-refractivity contribution in [1.29, 1.82) is 0 Å². The Kier molecular flexibility index (Phi) is 6.71. The second-order valence-corrected chi connectivity index (χ2v) is 4.42. The van der Waals surface area contributed by atoms with Crippen molar-refractivity contribution in [3.63, 3.8) is 0 Å². The van der Waals surface area contributed by atoms with Gasteiger partial charge in [-0.2, -0.15) is 0 Å². The Morgan fingerprint density at radius 3 is 2.35 bits per heavy atom. The van der Waals surface area contributed by atoms with E-state index in [2.05, 4.69) is 31.3 Å². The quantitative estimate of drug-likeness (QED) is 0.737. The molecule has 1 N–H and O–H groups in total. The van der Waals surface area contributed by atoms with Crippen LogP contribution in [0.3, 0.4) is 0 Å². The third kappa shape index (κ3) is 4.78. The van der Waals surface area contributed by atoms with Crippen molar-refractivity contribution in [2.24, 2.45) is 0 Å². The number of methoxy groups -OCH3 is 1. The molecule has 1 unspecified atom stereocenters. The maximum Gasteiger partial charge on any atom is 0.118 e. The van der Waals surface area contributed by atoms with E-state index in [1.807, 2.05) is 12.1 Å². The van der Waals surface area contributed by atoms with E-state index < -0.39 is 0 Å². The number of ether oxygens (including phenoxy) is 1.